The molecular weight excluding hydrogens is 536 g/mol. The zero-order valence-corrected chi connectivity index (χ0v) is 21.2. The average molecular weight is 556 g/mol. The third-order valence-electron chi connectivity index (χ3n) is 5.76. The van der Waals surface area contributed by atoms with Gasteiger partial charge in [-0.2, -0.15) is 5.21 Å². The molecule has 2 aliphatic rings. The number of aromatic amines is 1. The topological polar surface area (TPSA) is 112 Å². The lowest BCUT2D eigenvalue weighted by molar-refractivity contribution is 0.0514. The van der Waals surface area contributed by atoms with Crippen LogP contribution in [0.25, 0.3) is 33.6 Å². The second kappa shape index (κ2) is 9.63. The van der Waals surface area contributed by atoms with Crippen molar-refractivity contribution in [2.24, 2.45) is 0 Å². The van der Waals surface area contributed by atoms with Gasteiger partial charge in [-0.15, -0.1) is 10.2 Å². The number of hydrogen-bond donors (Lipinski definition) is 1. The molecule has 1 aliphatic carbocycles. The van der Waals surface area contributed by atoms with Gasteiger partial charge in [-0.05, 0) is 50.8 Å². The fourth-order valence-electron chi connectivity index (χ4n) is 4.28. The summed E-state index contributed by atoms with van der Waals surface area (Å²) in [6, 6.07) is 9.72. The number of hydrogen-bond acceptors (Lipinski definition) is 7. The minimum absolute atomic E-state index is 0.124. The Kier molecular flexibility index (Phi) is 6.40. The molecule has 2 aromatic heterocycles. The fourth-order valence-corrected chi connectivity index (χ4v) is 5.32. The number of tetrazole rings is 1. The van der Waals surface area contributed by atoms with E-state index in [4.69, 9.17) is 20.8 Å². The van der Waals surface area contributed by atoms with E-state index in [2.05, 4.69) is 41.5 Å². The lowest BCUT2D eigenvalue weighted by Gasteiger charge is -2.15. The monoisotopic (exact) mass is 554 g/mol. The van der Waals surface area contributed by atoms with E-state index >= 15 is 0 Å². The van der Waals surface area contributed by atoms with E-state index in [0.717, 1.165) is 37.9 Å². The van der Waals surface area contributed by atoms with E-state index in [0.29, 0.717) is 24.6 Å². The van der Waals surface area contributed by atoms with Crippen LogP contribution in [0.4, 0.5) is 0 Å². The molecule has 1 aromatic carbocycles. The Labute approximate surface area is 213 Å². The van der Waals surface area contributed by atoms with Crippen molar-refractivity contribution in [1.29, 1.82) is 0 Å². The highest BCUT2D eigenvalue weighted by atomic mass is 79.9. The Bertz CT molecular complexity index is 1480. The Morgan fingerprint density at radius 3 is 2.69 bits per heavy atom. The molecule has 0 radical (unpaired) electrons. The molecule has 0 bridgehead atoms. The Morgan fingerprint density at radius 1 is 1.17 bits per heavy atom. The smallest absolute Gasteiger partial charge is 0.358 e. The van der Waals surface area contributed by atoms with Crippen molar-refractivity contribution in [3.63, 3.8) is 0 Å². The first-order valence-corrected chi connectivity index (χ1v) is 12.1. The number of imidazole rings is 1. The first-order chi connectivity index (χ1) is 17.0. The number of rotatable bonds is 7. The van der Waals surface area contributed by atoms with Crippen LogP contribution >= 0.6 is 27.5 Å². The molecule has 9 nitrogen and oxygen atoms in total. The van der Waals surface area contributed by atoms with Gasteiger partial charge in [-0.25, -0.2) is 9.78 Å². The second-order valence-corrected chi connectivity index (χ2v) is 8.81. The maximum Gasteiger partial charge on any atom is 0.358 e. The van der Waals surface area contributed by atoms with Crippen LogP contribution in [0, 0.1) is 0 Å². The number of aromatic nitrogens is 6. The quantitative estimate of drug-likeness (QED) is 0.259. The van der Waals surface area contributed by atoms with Crippen molar-refractivity contribution in [1.82, 2.24) is 30.2 Å². The predicted octanol–water partition coefficient (Wildman–Crippen LogP) is 5.63. The number of halogens is 2. The van der Waals surface area contributed by atoms with E-state index in [1.54, 1.807) is 19.5 Å². The van der Waals surface area contributed by atoms with Crippen molar-refractivity contribution in [3.8, 4) is 33.6 Å². The first-order valence-electron chi connectivity index (χ1n) is 11.0. The Balaban J connectivity index is 1.76. The van der Waals surface area contributed by atoms with Gasteiger partial charge in [0.15, 0.2) is 10.8 Å². The van der Waals surface area contributed by atoms with E-state index in [9.17, 15) is 4.79 Å². The standard InChI is InChI=1S/C24H20BrClN6O3/c1-3-18-27-22(26)21(24(33)35-4-2)32(18)11-16-13-9-10-34-12-17(13)20(25)19(16)14-7-5-6-8-15(14)23-28-30-31-29-23/h5-10,12H,3-4,11H2,1-2H3,(H,28,29,30,31). The number of esters is 1. The van der Waals surface area contributed by atoms with Crippen molar-refractivity contribution >= 4 is 33.5 Å². The molecule has 0 saturated carbocycles. The zero-order valence-electron chi connectivity index (χ0n) is 18.9. The molecule has 0 saturated heterocycles. The molecule has 3 heterocycles. The van der Waals surface area contributed by atoms with Crippen LogP contribution in [-0.4, -0.2) is 42.8 Å². The van der Waals surface area contributed by atoms with Crippen LogP contribution in [0.3, 0.4) is 0 Å². The van der Waals surface area contributed by atoms with Crippen molar-refractivity contribution in [2.75, 3.05) is 6.61 Å². The number of ether oxygens (including phenoxy) is 1. The van der Waals surface area contributed by atoms with Crippen LogP contribution in [0.5, 0.6) is 0 Å². The van der Waals surface area contributed by atoms with E-state index in [1.165, 1.54) is 0 Å². The molecule has 0 atom stereocenters. The molecule has 3 aromatic rings. The van der Waals surface area contributed by atoms with Gasteiger partial charge in [0.25, 0.3) is 0 Å². The van der Waals surface area contributed by atoms with E-state index in [-0.39, 0.29) is 17.5 Å². The summed E-state index contributed by atoms with van der Waals surface area (Å²) in [5, 5.41) is 14.7. The summed E-state index contributed by atoms with van der Waals surface area (Å²) in [6.45, 7) is 4.29. The SMILES string of the molecule is CCOC(=O)c1c(Cl)nc(CC)n1Cc1c2ccocc-2c(Br)c1-c1ccccc1-c1nn[nH]n1. The maximum atomic E-state index is 12.8. The van der Waals surface area contributed by atoms with E-state index < -0.39 is 5.97 Å². The van der Waals surface area contributed by atoms with Gasteiger partial charge in [0.05, 0.1) is 25.7 Å². The summed E-state index contributed by atoms with van der Waals surface area (Å²) in [5.41, 5.74) is 5.66. The molecule has 0 fully saturated rings. The van der Waals surface area contributed by atoms with Crippen LogP contribution in [0.1, 0.15) is 35.7 Å². The minimum Gasteiger partial charge on any atom is -0.472 e. The van der Waals surface area contributed by atoms with Crippen molar-refractivity contribution < 1.29 is 13.9 Å². The molecule has 1 aliphatic heterocycles. The zero-order chi connectivity index (χ0) is 24.5. The highest BCUT2D eigenvalue weighted by Gasteiger charge is 2.29. The molecule has 35 heavy (non-hydrogen) atoms. The number of H-pyrrole nitrogens is 1. The summed E-state index contributed by atoms with van der Waals surface area (Å²) >= 11 is 10.2. The van der Waals surface area contributed by atoms with Crippen LogP contribution < -0.4 is 0 Å². The highest BCUT2D eigenvalue weighted by Crippen LogP contribution is 2.48. The summed E-state index contributed by atoms with van der Waals surface area (Å²) in [5.74, 6) is 0.644. The Hall–Kier alpha value is -3.50. The lowest BCUT2D eigenvalue weighted by atomic mass is 9.97. The van der Waals surface area contributed by atoms with Gasteiger partial charge in [0, 0.05) is 27.6 Å². The average Bonchev–Trinajstić information content (AvgIpc) is 3.57. The fraction of sp³-hybridized carbons (Fsp3) is 0.208. The predicted molar refractivity (Wildman–Crippen MR) is 133 cm³/mol. The number of carbonyl (C=O) groups is 1. The number of nitrogens with one attached hydrogen (secondary N) is 1. The van der Waals surface area contributed by atoms with Gasteiger partial charge in [0.2, 0.25) is 5.82 Å². The molecule has 0 spiro atoms. The number of benzene rings is 1. The normalized spacial score (nSPS) is 11.3. The molecule has 5 rings (SSSR count). The van der Waals surface area contributed by atoms with Crippen LogP contribution in [-0.2, 0) is 17.7 Å². The molecular formula is C24H20BrClN6O3. The molecule has 178 valence electrons. The molecule has 11 heteroatoms. The van der Waals surface area contributed by atoms with Gasteiger partial charge in [-0.3, -0.25) is 0 Å². The van der Waals surface area contributed by atoms with Gasteiger partial charge >= 0.3 is 5.97 Å². The second-order valence-electron chi connectivity index (χ2n) is 7.66. The largest absolute Gasteiger partial charge is 0.472 e. The van der Waals surface area contributed by atoms with Gasteiger partial charge in [-0.1, -0.05) is 42.8 Å². The summed E-state index contributed by atoms with van der Waals surface area (Å²) in [6.07, 6.45) is 3.90. The third kappa shape index (κ3) is 4.02. The number of aryl methyl sites for hydroxylation is 1. The third-order valence-corrected chi connectivity index (χ3v) is 6.85. The van der Waals surface area contributed by atoms with Gasteiger partial charge in [0.1, 0.15) is 5.82 Å². The maximum absolute atomic E-state index is 12.8. The first kappa shape index (κ1) is 23.3. The van der Waals surface area contributed by atoms with Crippen LogP contribution in [0.15, 0.2) is 51.7 Å². The lowest BCUT2D eigenvalue weighted by Crippen LogP contribution is -2.15. The number of carbonyl (C=O) groups excluding carboxylic acids is 1. The summed E-state index contributed by atoms with van der Waals surface area (Å²) in [7, 11) is 0. The number of nitrogens with zero attached hydrogens (tertiary/aromatic N) is 5. The number of fused-ring (bicyclic) bond motifs is 1. The molecule has 0 unspecified atom stereocenters. The van der Waals surface area contributed by atoms with Gasteiger partial charge < -0.3 is 13.7 Å². The minimum atomic E-state index is -0.511. The van der Waals surface area contributed by atoms with E-state index in [1.807, 2.05) is 41.8 Å². The molecule has 1 N–H and O–H groups in total. The highest BCUT2D eigenvalue weighted by molar-refractivity contribution is 9.10. The summed E-state index contributed by atoms with van der Waals surface area (Å²) in [4.78, 5) is 17.3. The molecule has 0 amide bonds. The van der Waals surface area contributed by atoms with Crippen molar-refractivity contribution in [2.45, 2.75) is 26.8 Å². The van der Waals surface area contributed by atoms with Crippen LogP contribution in [0.2, 0.25) is 5.15 Å². The van der Waals surface area contributed by atoms with Crippen molar-refractivity contribution in [3.05, 3.63) is 69.6 Å². The summed E-state index contributed by atoms with van der Waals surface area (Å²) < 4.78 is 13.4. The Morgan fingerprint density at radius 2 is 1.97 bits per heavy atom.